The maximum Gasteiger partial charge on any atom is 0.123 e. The molecule has 4 N–H and O–H groups in total. The average Bonchev–Trinajstić information content (AvgIpc) is 2.16. The smallest absolute Gasteiger partial charge is 0.123 e. The Labute approximate surface area is 84.1 Å². The van der Waals surface area contributed by atoms with Crippen LogP contribution in [0.4, 0.5) is 4.39 Å². The Morgan fingerprint density at radius 1 is 1.07 bits per heavy atom. The van der Waals surface area contributed by atoms with Crippen LogP contribution in [0.15, 0.2) is 24.3 Å². The van der Waals surface area contributed by atoms with Crippen LogP contribution in [0, 0.1) is 11.7 Å². The predicted molar refractivity (Wildman–Crippen MR) is 56.1 cm³/mol. The molecule has 0 aliphatic rings. The average molecular weight is 196 g/mol. The Morgan fingerprint density at radius 3 is 2.00 bits per heavy atom. The Morgan fingerprint density at radius 2 is 1.57 bits per heavy atom. The third-order valence-electron chi connectivity index (χ3n) is 2.44. The van der Waals surface area contributed by atoms with E-state index < -0.39 is 0 Å². The standard InChI is InChI=1S/C11H17FN2/c1-7(2)10(13)11(14)8-3-5-9(12)6-4-8/h3-7,10-11H,13-14H2,1-2H3/t10-,11-/m0/s1. The van der Waals surface area contributed by atoms with Crippen LogP contribution >= 0.6 is 0 Å². The van der Waals surface area contributed by atoms with Gasteiger partial charge in [-0.2, -0.15) is 0 Å². The van der Waals surface area contributed by atoms with Crippen LogP contribution in [0.25, 0.3) is 0 Å². The molecule has 0 bridgehead atoms. The number of halogens is 1. The van der Waals surface area contributed by atoms with Gasteiger partial charge in [0.1, 0.15) is 5.82 Å². The van der Waals surface area contributed by atoms with Gasteiger partial charge < -0.3 is 11.5 Å². The van der Waals surface area contributed by atoms with Gasteiger partial charge in [0.05, 0.1) is 0 Å². The summed E-state index contributed by atoms with van der Waals surface area (Å²) in [6.07, 6.45) is 0. The van der Waals surface area contributed by atoms with Crippen LogP contribution in [0.3, 0.4) is 0 Å². The lowest BCUT2D eigenvalue weighted by Gasteiger charge is -2.23. The van der Waals surface area contributed by atoms with Crippen molar-refractivity contribution in [2.45, 2.75) is 25.9 Å². The summed E-state index contributed by atoms with van der Waals surface area (Å²) >= 11 is 0. The molecule has 14 heavy (non-hydrogen) atoms. The zero-order valence-electron chi connectivity index (χ0n) is 8.57. The summed E-state index contributed by atoms with van der Waals surface area (Å²) in [5, 5.41) is 0. The summed E-state index contributed by atoms with van der Waals surface area (Å²) in [6.45, 7) is 4.04. The Kier molecular flexibility index (Phi) is 3.61. The van der Waals surface area contributed by atoms with E-state index >= 15 is 0 Å². The van der Waals surface area contributed by atoms with Gasteiger partial charge in [-0.15, -0.1) is 0 Å². The first kappa shape index (κ1) is 11.1. The quantitative estimate of drug-likeness (QED) is 0.774. The maximum atomic E-state index is 12.6. The molecule has 0 saturated carbocycles. The van der Waals surface area contributed by atoms with Crippen LogP contribution in [0.5, 0.6) is 0 Å². The van der Waals surface area contributed by atoms with Crippen molar-refractivity contribution in [1.82, 2.24) is 0 Å². The molecule has 0 heterocycles. The number of hydrogen-bond donors (Lipinski definition) is 2. The van der Waals surface area contributed by atoms with Gasteiger partial charge in [0.25, 0.3) is 0 Å². The number of hydrogen-bond acceptors (Lipinski definition) is 2. The fourth-order valence-corrected chi connectivity index (χ4v) is 1.32. The number of rotatable bonds is 3. The third kappa shape index (κ3) is 2.53. The minimum absolute atomic E-state index is 0.0968. The highest BCUT2D eigenvalue weighted by atomic mass is 19.1. The van der Waals surface area contributed by atoms with E-state index in [1.165, 1.54) is 12.1 Å². The van der Waals surface area contributed by atoms with Crippen molar-refractivity contribution in [1.29, 1.82) is 0 Å². The Hall–Kier alpha value is -0.930. The summed E-state index contributed by atoms with van der Waals surface area (Å²) < 4.78 is 12.6. The summed E-state index contributed by atoms with van der Waals surface area (Å²) in [6, 6.07) is 5.85. The molecule has 78 valence electrons. The zero-order chi connectivity index (χ0) is 10.7. The minimum Gasteiger partial charge on any atom is -0.326 e. The molecule has 0 aromatic heterocycles. The van der Waals surface area contributed by atoms with E-state index in [9.17, 15) is 4.39 Å². The van der Waals surface area contributed by atoms with Crippen molar-refractivity contribution >= 4 is 0 Å². The van der Waals surface area contributed by atoms with Gasteiger partial charge >= 0.3 is 0 Å². The number of nitrogens with two attached hydrogens (primary N) is 2. The molecule has 0 radical (unpaired) electrons. The highest BCUT2D eigenvalue weighted by Crippen LogP contribution is 2.17. The molecule has 1 rings (SSSR count). The van der Waals surface area contributed by atoms with E-state index in [1.807, 2.05) is 13.8 Å². The van der Waals surface area contributed by atoms with Gasteiger partial charge in [0.15, 0.2) is 0 Å². The lowest BCUT2D eigenvalue weighted by Crippen LogP contribution is -2.38. The van der Waals surface area contributed by atoms with Crippen molar-refractivity contribution in [3.63, 3.8) is 0 Å². The summed E-state index contributed by atoms with van der Waals surface area (Å²) in [5.74, 6) is 0.0640. The van der Waals surface area contributed by atoms with Crippen molar-refractivity contribution in [2.24, 2.45) is 17.4 Å². The Balaban J connectivity index is 2.78. The topological polar surface area (TPSA) is 52.0 Å². The fourth-order valence-electron chi connectivity index (χ4n) is 1.32. The first-order valence-corrected chi connectivity index (χ1v) is 4.79. The second kappa shape index (κ2) is 4.53. The van der Waals surface area contributed by atoms with E-state index in [-0.39, 0.29) is 17.9 Å². The molecule has 0 spiro atoms. The van der Waals surface area contributed by atoms with Crippen LogP contribution < -0.4 is 11.5 Å². The first-order valence-electron chi connectivity index (χ1n) is 4.79. The molecule has 0 saturated heterocycles. The molecule has 0 aliphatic heterocycles. The molecular formula is C11H17FN2. The second-order valence-corrected chi connectivity index (χ2v) is 3.90. The summed E-state index contributed by atoms with van der Waals surface area (Å²) in [4.78, 5) is 0. The molecule has 0 aliphatic carbocycles. The van der Waals surface area contributed by atoms with E-state index in [1.54, 1.807) is 12.1 Å². The third-order valence-corrected chi connectivity index (χ3v) is 2.44. The van der Waals surface area contributed by atoms with Crippen molar-refractivity contribution < 1.29 is 4.39 Å². The van der Waals surface area contributed by atoms with Crippen LogP contribution in [0.1, 0.15) is 25.5 Å². The van der Waals surface area contributed by atoms with Crippen LogP contribution in [-0.4, -0.2) is 6.04 Å². The molecule has 2 nitrogen and oxygen atoms in total. The lowest BCUT2D eigenvalue weighted by atomic mass is 9.93. The van der Waals surface area contributed by atoms with Crippen LogP contribution in [0.2, 0.25) is 0 Å². The second-order valence-electron chi connectivity index (χ2n) is 3.90. The molecule has 0 amide bonds. The summed E-state index contributed by atoms with van der Waals surface area (Å²) in [5.41, 5.74) is 12.7. The predicted octanol–water partition coefficient (Wildman–Crippen LogP) is 1.81. The first-order chi connectivity index (χ1) is 6.52. The molecular weight excluding hydrogens is 179 g/mol. The van der Waals surface area contributed by atoms with Crippen molar-refractivity contribution in [3.8, 4) is 0 Å². The van der Waals surface area contributed by atoms with Gasteiger partial charge in [-0.3, -0.25) is 0 Å². The normalized spacial score (nSPS) is 15.6. The molecule has 0 unspecified atom stereocenters. The monoisotopic (exact) mass is 196 g/mol. The summed E-state index contributed by atoms with van der Waals surface area (Å²) in [7, 11) is 0. The molecule has 2 atom stereocenters. The highest BCUT2D eigenvalue weighted by molar-refractivity contribution is 5.21. The van der Waals surface area contributed by atoms with E-state index in [0.29, 0.717) is 5.92 Å². The molecule has 3 heteroatoms. The fraction of sp³-hybridized carbons (Fsp3) is 0.455. The van der Waals surface area contributed by atoms with Gasteiger partial charge in [-0.05, 0) is 23.6 Å². The highest BCUT2D eigenvalue weighted by Gasteiger charge is 2.18. The molecule has 1 aromatic carbocycles. The van der Waals surface area contributed by atoms with Gasteiger partial charge in [0, 0.05) is 12.1 Å². The SMILES string of the molecule is CC(C)[C@H](N)[C@@H](N)c1ccc(F)cc1. The lowest BCUT2D eigenvalue weighted by molar-refractivity contribution is 0.423. The zero-order valence-corrected chi connectivity index (χ0v) is 8.57. The number of benzene rings is 1. The minimum atomic E-state index is -0.251. The van der Waals surface area contributed by atoms with Gasteiger partial charge in [-0.1, -0.05) is 26.0 Å². The van der Waals surface area contributed by atoms with Gasteiger partial charge in [-0.25, -0.2) is 4.39 Å². The Bertz CT molecular complexity index is 282. The molecule has 1 aromatic rings. The van der Waals surface area contributed by atoms with E-state index in [0.717, 1.165) is 5.56 Å². The largest absolute Gasteiger partial charge is 0.326 e. The van der Waals surface area contributed by atoms with Crippen LogP contribution in [-0.2, 0) is 0 Å². The van der Waals surface area contributed by atoms with Gasteiger partial charge in [0.2, 0.25) is 0 Å². The van der Waals surface area contributed by atoms with E-state index in [4.69, 9.17) is 11.5 Å². The maximum absolute atomic E-state index is 12.6. The van der Waals surface area contributed by atoms with Crippen molar-refractivity contribution in [2.75, 3.05) is 0 Å². The molecule has 0 fully saturated rings. The van der Waals surface area contributed by atoms with Crippen molar-refractivity contribution in [3.05, 3.63) is 35.6 Å². The van der Waals surface area contributed by atoms with E-state index in [2.05, 4.69) is 0 Å².